The maximum Gasteiger partial charge on any atom is 0.254 e. The van der Waals surface area contributed by atoms with Gasteiger partial charge in [-0.05, 0) is 36.8 Å². The van der Waals surface area contributed by atoms with Crippen molar-refractivity contribution in [3.63, 3.8) is 0 Å². The molecule has 1 saturated heterocycles. The van der Waals surface area contributed by atoms with E-state index in [-0.39, 0.29) is 11.9 Å². The van der Waals surface area contributed by atoms with E-state index in [1.54, 1.807) is 36.2 Å². The molecule has 212 valence electrons. The number of ether oxygens (including phenoxy) is 2. The number of aromatic nitrogens is 4. The summed E-state index contributed by atoms with van der Waals surface area (Å²) >= 11 is 6.34. The van der Waals surface area contributed by atoms with Crippen molar-refractivity contribution in [2.24, 2.45) is 0 Å². The number of hydrogen-bond donors (Lipinski definition) is 1. The third-order valence-electron chi connectivity index (χ3n) is 7.44. The largest absolute Gasteiger partial charge is 0.497 e. The second-order valence-electron chi connectivity index (χ2n) is 10.1. The SMILES string of the molecule is COc1ccc(CNc2cc(Cl)nc(-n3ncc(C=CCN4CCN5c6cc(F)ccc6OCC5C4)c3C)n2)cc1. The third kappa shape index (κ3) is 5.98. The van der Waals surface area contributed by atoms with Crippen LogP contribution in [-0.4, -0.2) is 70.6 Å². The highest BCUT2D eigenvalue weighted by Gasteiger charge is 2.32. The number of nitrogens with one attached hydrogen (secondary N) is 1. The van der Waals surface area contributed by atoms with E-state index in [1.807, 2.05) is 31.2 Å². The second kappa shape index (κ2) is 11.8. The lowest BCUT2D eigenvalue weighted by Crippen LogP contribution is -2.57. The van der Waals surface area contributed by atoms with E-state index >= 15 is 0 Å². The van der Waals surface area contributed by atoms with Crippen LogP contribution in [0.3, 0.4) is 0 Å². The number of nitrogens with zero attached hydrogens (tertiary/aromatic N) is 6. The van der Waals surface area contributed by atoms with Gasteiger partial charge in [0.15, 0.2) is 0 Å². The number of benzene rings is 2. The lowest BCUT2D eigenvalue weighted by Gasteiger charge is -2.45. The minimum Gasteiger partial charge on any atom is -0.497 e. The Morgan fingerprint density at radius 1 is 1.15 bits per heavy atom. The van der Waals surface area contributed by atoms with Gasteiger partial charge in [0.05, 0.1) is 30.7 Å². The van der Waals surface area contributed by atoms with E-state index in [0.717, 1.165) is 60.2 Å². The highest BCUT2D eigenvalue weighted by molar-refractivity contribution is 6.29. The van der Waals surface area contributed by atoms with Crippen LogP contribution in [0.2, 0.25) is 5.15 Å². The third-order valence-corrected chi connectivity index (χ3v) is 7.64. The van der Waals surface area contributed by atoms with E-state index in [0.29, 0.717) is 30.1 Å². The summed E-state index contributed by atoms with van der Waals surface area (Å²) in [6, 6.07) is 14.5. The van der Waals surface area contributed by atoms with Crippen molar-refractivity contribution < 1.29 is 13.9 Å². The Labute approximate surface area is 243 Å². The number of methoxy groups -OCH3 is 1. The summed E-state index contributed by atoms with van der Waals surface area (Å²) in [5.74, 6) is 2.34. The highest BCUT2D eigenvalue weighted by atomic mass is 35.5. The predicted molar refractivity (Wildman–Crippen MR) is 158 cm³/mol. The van der Waals surface area contributed by atoms with Gasteiger partial charge in [0.2, 0.25) is 0 Å². The molecule has 0 radical (unpaired) electrons. The van der Waals surface area contributed by atoms with Crippen molar-refractivity contribution in [3.8, 4) is 17.4 Å². The molecule has 0 spiro atoms. The molecule has 9 nitrogen and oxygen atoms in total. The molecule has 2 aromatic heterocycles. The van der Waals surface area contributed by atoms with Gasteiger partial charge in [0, 0.05) is 50.4 Å². The number of piperazine rings is 1. The highest BCUT2D eigenvalue weighted by Crippen LogP contribution is 2.35. The van der Waals surface area contributed by atoms with E-state index in [9.17, 15) is 4.39 Å². The number of rotatable bonds is 8. The van der Waals surface area contributed by atoms with Crippen LogP contribution in [0.25, 0.3) is 12.0 Å². The van der Waals surface area contributed by atoms with Crippen LogP contribution in [0.1, 0.15) is 16.8 Å². The molecule has 1 atom stereocenters. The summed E-state index contributed by atoms with van der Waals surface area (Å²) < 4.78 is 26.6. The molecule has 0 aliphatic carbocycles. The maximum atomic E-state index is 13.8. The first kappa shape index (κ1) is 27.0. The summed E-state index contributed by atoms with van der Waals surface area (Å²) in [7, 11) is 1.65. The predicted octanol–water partition coefficient (Wildman–Crippen LogP) is 4.98. The summed E-state index contributed by atoms with van der Waals surface area (Å²) in [4.78, 5) is 13.7. The van der Waals surface area contributed by atoms with E-state index in [2.05, 4.69) is 42.3 Å². The maximum absolute atomic E-state index is 13.8. The fourth-order valence-electron chi connectivity index (χ4n) is 5.21. The molecule has 1 N–H and O–H groups in total. The van der Waals surface area contributed by atoms with Crippen LogP contribution in [-0.2, 0) is 6.54 Å². The molecule has 0 amide bonds. The first-order valence-corrected chi connectivity index (χ1v) is 13.9. The molecule has 6 rings (SSSR count). The van der Waals surface area contributed by atoms with Crippen molar-refractivity contribution in [1.29, 1.82) is 0 Å². The van der Waals surface area contributed by atoms with Gasteiger partial charge in [-0.3, -0.25) is 4.90 Å². The molecule has 11 heteroatoms. The Kier molecular flexibility index (Phi) is 7.76. The van der Waals surface area contributed by atoms with Crippen molar-refractivity contribution in [2.45, 2.75) is 19.5 Å². The first-order valence-electron chi connectivity index (χ1n) is 13.5. The summed E-state index contributed by atoms with van der Waals surface area (Å²) in [6.07, 6.45) is 6.02. The lowest BCUT2D eigenvalue weighted by atomic mass is 10.1. The Morgan fingerprint density at radius 2 is 2.00 bits per heavy atom. The molecule has 0 bridgehead atoms. The molecule has 1 fully saturated rings. The van der Waals surface area contributed by atoms with Gasteiger partial charge in [0.1, 0.15) is 34.9 Å². The van der Waals surface area contributed by atoms with Crippen LogP contribution in [0.15, 0.2) is 60.8 Å². The van der Waals surface area contributed by atoms with Gasteiger partial charge >= 0.3 is 0 Å². The Hall–Kier alpha value is -4.15. The molecule has 41 heavy (non-hydrogen) atoms. The fourth-order valence-corrected chi connectivity index (χ4v) is 5.39. The van der Waals surface area contributed by atoms with Crippen molar-refractivity contribution in [2.75, 3.05) is 50.1 Å². The van der Waals surface area contributed by atoms with E-state index in [4.69, 9.17) is 21.1 Å². The average molecular weight is 576 g/mol. The summed E-state index contributed by atoms with van der Waals surface area (Å²) in [5, 5.41) is 8.16. The number of fused-ring (bicyclic) bond motifs is 3. The van der Waals surface area contributed by atoms with Crippen molar-refractivity contribution in [3.05, 3.63) is 88.6 Å². The molecule has 4 heterocycles. The zero-order valence-corrected chi connectivity index (χ0v) is 23.7. The minimum absolute atomic E-state index is 0.198. The smallest absolute Gasteiger partial charge is 0.254 e. The summed E-state index contributed by atoms with van der Waals surface area (Å²) in [6.45, 7) is 6.51. The molecule has 2 aromatic carbocycles. The summed E-state index contributed by atoms with van der Waals surface area (Å²) in [5.41, 5.74) is 3.82. The van der Waals surface area contributed by atoms with E-state index < -0.39 is 0 Å². The molecule has 2 aliphatic heterocycles. The van der Waals surface area contributed by atoms with Gasteiger partial charge in [-0.2, -0.15) is 15.1 Å². The quantitative estimate of drug-likeness (QED) is 0.295. The van der Waals surface area contributed by atoms with Crippen molar-refractivity contribution in [1.82, 2.24) is 24.6 Å². The fraction of sp³-hybridized carbons (Fsp3) is 0.300. The minimum atomic E-state index is -0.237. The monoisotopic (exact) mass is 575 g/mol. The van der Waals surface area contributed by atoms with Gasteiger partial charge in [0.25, 0.3) is 5.95 Å². The zero-order valence-electron chi connectivity index (χ0n) is 22.9. The molecule has 1 unspecified atom stereocenters. The van der Waals surface area contributed by atoms with Crippen LogP contribution in [0.5, 0.6) is 11.5 Å². The zero-order chi connectivity index (χ0) is 28.3. The van der Waals surface area contributed by atoms with Crippen LogP contribution < -0.4 is 19.7 Å². The van der Waals surface area contributed by atoms with Crippen molar-refractivity contribution >= 4 is 29.2 Å². The molecular formula is C30H31ClFN7O2. The van der Waals surface area contributed by atoms with E-state index in [1.165, 1.54) is 6.07 Å². The van der Waals surface area contributed by atoms with Gasteiger partial charge < -0.3 is 19.7 Å². The average Bonchev–Trinajstić information content (AvgIpc) is 3.35. The van der Waals surface area contributed by atoms with Crippen LogP contribution in [0, 0.1) is 12.7 Å². The topological polar surface area (TPSA) is 80.6 Å². The first-order chi connectivity index (χ1) is 20.0. The molecule has 4 aromatic rings. The molecule has 0 saturated carbocycles. The molecular weight excluding hydrogens is 545 g/mol. The van der Waals surface area contributed by atoms with Crippen LogP contribution >= 0.6 is 11.6 Å². The number of anilines is 2. The second-order valence-corrected chi connectivity index (χ2v) is 10.5. The number of halogens is 2. The lowest BCUT2D eigenvalue weighted by molar-refractivity contribution is 0.177. The Morgan fingerprint density at radius 3 is 2.83 bits per heavy atom. The molecule has 2 aliphatic rings. The van der Waals surface area contributed by atoms with Gasteiger partial charge in [-0.1, -0.05) is 35.9 Å². The Balaban J connectivity index is 1.08. The van der Waals surface area contributed by atoms with Crippen LogP contribution in [0.4, 0.5) is 15.9 Å². The normalized spacial score (nSPS) is 16.8. The Bertz CT molecular complexity index is 1560. The standard InChI is InChI=1S/C30H31ClFN7O2/c1-20-22(4-3-11-37-12-13-38-24(18-37)19-41-27-10-7-23(32)14-26(27)38)17-34-39(20)30-35-28(31)15-29(36-30)33-16-21-5-8-25(40-2)9-6-21/h3-10,14-15,17,24H,11-13,16,18-19H2,1-2H3,(H,33,35,36). The van der Waals surface area contributed by atoms with Gasteiger partial charge in [-0.15, -0.1) is 0 Å². The number of hydrogen-bond acceptors (Lipinski definition) is 8. The van der Waals surface area contributed by atoms with Gasteiger partial charge in [-0.25, -0.2) is 9.07 Å².